The third-order valence-corrected chi connectivity index (χ3v) is 5.18. The highest BCUT2D eigenvalue weighted by molar-refractivity contribution is 6.30. The molecule has 0 aliphatic carbocycles. The Hall–Kier alpha value is -2.39. The van der Waals surface area contributed by atoms with E-state index in [0.29, 0.717) is 29.5 Å². The number of halogens is 2. The van der Waals surface area contributed by atoms with Gasteiger partial charge in [0.1, 0.15) is 11.6 Å². The first-order chi connectivity index (χ1) is 14.3. The molecule has 2 atom stereocenters. The molecule has 0 radical (unpaired) electrons. The number of nitrogens with zero attached hydrogens (tertiary/aromatic N) is 2. The largest absolute Gasteiger partial charge is 0.482 e. The number of aliphatic hydroxyl groups excluding tert-OH is 1. The molecule has 1 fully saturated rings. The Bertz CT molecular complexity index is 866. The predicted octanol–water partition coefficient (Wildman–Crippen LogP) is 2.24. The van der Waals surface area contributed by atoms with Gasteiger partial charge in [0.2, 0.25) is 0 Å². The van der Waals surface area contributed by atoms with Crippen LogP contribution in [-0.4, -0.2) is 59.4 Å². The second-order valence-corrected chi connectivity index (χ2v) is 7.75. The summed E-state index contributed by atoms with van der Waals surface area (Å²) in [6, 6.07) is 11.3. The lowest BCUT2D eigenvalue weighted by molar-refractivity contribution is -0.137. The van der Waals surface area contributed by atoms with Crippen molar-refractivity contribution in [1.82, 2.24) is 9.80 Å². The van der Waals surface area contributed by atoms with E-state index in [9.17, 15) is 14.3 Å². The molecule has 162 valence electrons. The maximum Gasteiger partial charge on any atom is 0.260 e. The zero-order chi connectivity index (χ0) is 21.7. The molecule has 0 saturated carbocycles. The standard InChI is InChI=1S/C21H26ClFN4O3/c1-14-11-26(12-15-2-5-17(23)6-3-15)8-9-27(14)20(28)13-30-19-7-4-16(22)10-18(19)25-21(24)29/h2-7,10,14,21,25,29H,8-9,11-13,24H2,1H3. The number of nitrogens with one attached hydrogen (secondary N) is 1. The Kier molecular flexibility index (Phi) is 7.49. The third kappa shape index (κ3) is 6.06. The molecule has 2 aromatic carbocycles. The molecule has 3 rings (SSSR count). The molecule has 7 nitrogen and oxygen atoms in total. The van der Waals surface area contributed by atoms with Crippen molar-refractivity contribution in [1.29, 1.82) is 0 Å². The Morgan fingerprint density at radius 3 is 2.73 bits per heavy atom. The third-order valence-electron chi connectivity index (χ3n) is 4.95. The van der Waals surface area contributed by atoms with Gasteiger partial charge in [-0.05, 0) is 42.8 Å². The number of ether oxygens (including phenoxy) is 1. The molecule has 1 aliphatic rings. The summed E-state index contributed by atoms with van der Waals surface area (Å²) in [7, 11) is 0. The Morgan fingerprint density at radius 1 is 1.33 bits per heavy atom. The Labute approximate surface area is 180 Å². The molecule has 1 saturated heterocycles. The molecule has 0 bridgehead atoms. The average molecular weight is 437 g/mol. The summed E-state index contributed by atoms with van der Waals surface area (Å²) in [4.78, 5) is 16.7. The van der Waals surface area contributed by atoms with E-state index < -0.39 is 6.35 Å². The molecular weight excluding hydrogens is 411 g/mol. The molecule has 0 aromatic heterocycles. The number of carbonyl (C=O) groups is 1. The van der Waals surface area contributed by atoms with Crippen molar-refractivity contribution < 1.29 is 19.0 Å². The molecule has 30 heavy (non-hydrogen) atoms. The van der Waals surface area contributed by atoms with Crippen LogP contribution in [0.3, 0.4) is 0 Å². The highest BCUT2D eigenvalue weighted by Gasteiger charge is 2.27. The number of anilines is 1. The number of nitrogens with two attached hydrogens (primary N) is 1. The summed E-state index contributed by atoms with van der Waals surface area (Å²) in [6.45, 7) is 4.59. The van der Waals surface area contributed by atoms with Gasteiger partial charge in [-0.15, -0.1) is 0 Å². The van der Waals surface area contributed by atoms with Crippen LogP contribution in [0.5, 0.6) is 5.75 Å². The second kappa shape index (κ2) is 10.1. The van der Waals surface area contributed by atoms with Crippen molar-refractivity contribution in [3.63, 3.8) is 0 Å². The molecule has 9 heteroatoms. The van der Waals surface area contributed by atoms with Crippen LogP contribution in [0.15, 0.2) is 42.5 Å². The first-order valence-corrected chi connectivity index (χ1v) is 10.1. The number of hydrogen-bond donors (Lipinski definition) is 3. The predicted molar refractivity (Wildman–Crippen MR) is 114 cm³/mol. The molecule has 1 heterocycles. The van der Waals surface area contributed by atoms with Gasteiger partial charge in [-0.2, -0.15) is 0 Å². The summed E-state index contributed by atoms with van der Waals surface area (Å²) >= 11 is 5.97. The molecule has 2 unspecified atom stereocenters. The summed E-state index contributed by atoms with van der Waals surface area (Å²) in [5.74, 6) is 0.000490. The van der Waals surface area contributed by atoms with Crippen LogP contribution < -0.4 is 15.8 Å². The lowest BCUT2D eigenvalue weighted by Crippen LogP contribution is -2.54. The van der Waals surface area contributed by atoms with E-state index in [1.54, 1.807) is 35.2 Å². The zero-order valence-electron chi connectivity index (χ0n) is 16.7. The number of rotatable bonds is 7. The zero-order valence-corrected chi connectivity index (χ0v) is 17.5. The molecule has 1 aliphatic heterocycles. The van der Waals surface area contributed by atoms with E-state index in [0.717, 1.165) is 18.7 Å². The summed E-state index contributed by atoms with van der Waals surface area (Å²) in [5.41, 5.74) is 6.80. The van der Waals surface area contributed by atoms with Crippen molar-refractivity contribution in [2.45, 2.75) is 25.9 Å². The van der Waals surface area contributed by atoms with E-state index in [2.05, 4.69) is 10.2 Å². The fourth-order valence-corrected chi connectivity index (χ4v) is 3.69. The van der Waals surface area contributed by atoms with Gasteiger partial charge in [0.25, 0.3) is 5.91 Å². The van der Waals surface area contributed by atoms with Gasteiger partial charge < -0.3 is 20.1 Å². The van der Waals surface area contributed by atoms with Crippen molar-refractivity contribution in [3.8, 4) is 5.75 Å². The minimum Gasteiger partial charge on any atom is -0.482 e. The average Bonchev–Trinajstić information content (AvgIpc) is 2.68. The van der Waals surface area contributed by atoms with E-state index >= 15 is 0 Å². The molecule has 2 aromatic rings. The van der Waals surface area contributed by atoms with E-state index in [-0.39, 0.29) is 24.4 Å². The van der Waals surface area contributed by atoms with E-state index in [4.69, 9.17) is 22.1 Å². The first-order valence-electron chi connectivity index (χ1n) is 9.70. The number of piperazine rings is 1. The van der Waals surface area contributed by atoms with Crippen molar-refractivity contribution in [2.75, 3.05) is 31.6 Å². The van der Waals surface area contributed by atoms with Crippen LogP contribution in [0.25, 0.3) is 0 Å². The molecule has 1 amide bonds. The first kappa shape index (κ1) is 22.3. The Morgan fingerprint density at radius 2 is 2.07 bits per heavy atom. The fraction of sp³-hybridized carbons (Fsp3) is 0.381. The number of carbonyl (C=O) groups excluding carboxylic acids is 1. The van der Waals surface area contributed by atoms with Crippen LogP contribution in [0, 0.1) is 5.82 Å². The maximum atomic E-state index is 13.1. The van der Waals surface area contributed by atoms with Gasteiger partial charge in [-0.3, -0.25) is 15.4 Å². The van der Waals surface area contributed by atoms with Crippen molar-refractivity contribution >= 4 is 23.2 Å². The summed E-state index contributed by atoms with van der Waals surface area (Å²) in [5, 5.41) is 12.4. The van der Waals surface area contributed by atoms with Gasteiger partial charge in [-0.25, -0.2) is 4.39 Å². The van der Waals surface area contributed by atoms with Crippen molar-refractivity contribution in [3.05, 3.63) is 58.9 Å². The molecule has 0 spiro atoms. The van der Waals surface area contributed by atoms with Crippen LogP contribution in [0.1, 0.15) is 12.5 Å². The topological polar surface area (TPSA) is 91.1 Å². The highest BCUT2D eigenvalue weighted by atomic mass is 35.5. The monoisotopic (exact) mass is 436 g/mol. The number of benzene rings is 2. The fourth-order valence-electron chi connectivity index (χ4n) is 3.52. The quantitative estimate of drug-likeness (QED) is 0.577. The summed E-state index contributed by atoms with van der Waals surface area (Å²) in [6.07, 6.45) is -1.28. The van der Waals surface area contributed by atoms with Gasteiger partial charge in [0, 0.05) is 37.2 Å². The van der Waals surface area contributed by atoms with Gasteiger partial charge in [0.15, 0.2) is 13.0 Å². The Balaban J connectivity index is 1.54. The van der Waals surface area contributed by atoms with Gasteiger partial charge in [0.05, 0.1) is 5.69 Å². The highest BCUT2D eigenvalue weighted by Crippen LogP contribution is 2.28. The van der Waals surface area contributed by atoms with Crippen LogP contribution in [0.2, 0.25) is 5.02 Å². The lowest BCUT2D eigenvalue weighted by Gasteiger charge is -2.39. The maximum absolute atomic E-state index is 13.1. The van der Waals surface area contributed by atoms with Crippen LogP contribution in [0.4, 0.5) is 10.1 Å². The molecule has 4 N–H and O–H groups in total. The van der Waals surface area contributed by atoms with E-state index in [1.807, 2.05) is 6.92 Å². The minimum absolute atomic E-state index is 0.0176. The second-order valence-electron chi connectivity index (χ2n) is 7.32. The number of amides is 1. The summed E-state index contributed by atoms with van der Waals surface area (Å²) < 4.78 is 18.7. The SMILES string of the molecule is CC1CN(Cc2ccc(F)cc2)CCN1C(=O)COc1ccc(Cl)cc1NC(N)O. The molecular formula is C21H26ClFN4O3. The van der Waals surface area contributed by atoms with Crippen LogP contribution in [-0.2, 0) is 11.3 Å². The van der Waals surface area contributed by atoms with Gasteiger partial charge >= 0.3 is 0 Å². The lowest BCUT2D eigenvalue weighted by atomic mass is 10.1. The number of hydrogen-bond acceptors (Lipinski definition) is 6. The number of aliphatic hydroxyl groups is 1. The van der Waals surface area contributed by atoms with Gasteiger partial charge in [-0.1, -0.05) is 23.7 Å². The van der Waals surface area contributed by atoms with E-state index in [1.165, 1.54) is 12.1 Å². The van der Waals surface area contributed by atoms with Crippen LogP contribution >= 0.6 is 11.6 Å². The minimum atomic E-state index is -1.28. The normalized spacial score (nSPS) is 18.2. The van der Waals surface area contributed by atoms with Crippen molar-refractivity contribution in [2.24, 2.45) is 5.73 Å². The smallest absolute Gasteiger partial charge is 0.260 e.